The molecule has 0 aromatic heterocycles. The van der Waals surface area contributed by atoms with E-state index in [0.717, 1.165) is 19.3 Å². The lowest BCUT2D eigenvalue weighted by Crippen LogP contribution is -2.43. The van der Waals surface area contributed by atoms with Crippen LogP contribution in [0.5, 0.6) is 0 Å². The van der Waals surface area contributed by atoms with E-state index in [0.29, 0.717) is 19.4 Å². The average molecular weight is 233 g/mol. The van der Waals surface area contributed by atoms with E-state index in [4.69, 9.17) is 5.26 Å². The summed E-state index contributed by atoms with van der Waals surface area (Å²) in [7, 11) is 1.68. The van der Waals surface area contributed by atoms with Crippen molar-refractivity contribution in [2.75, 3.05) is 13.6 Å². The minimum absolute atomic E-state index is 0.109. The Labute approximate surface area is 103 Å². The maximum absolute atomic E-state index is 12.3. The first-order chi connectivity index (χ1) is 8.05. The van der Waals surface area contributed by atoms with Gasteiger partial charge in [0, 0.05) is 13.6 Å². The zero-order valence-electron chi connectivity index (χ0n) is 10.6. The van der Waals surface area contributed by atoms with Crippen LogP contribution in [0.4, 0.5) is 0 Å². The van der Waals surface area contributed by atoms with Crippen molar-refractivity contribution in [3.05, 3.63) is 0 Å². The van der Waals surface area contributed by atoms with Gasteiger partial charge < -0.3 is 4.90 Å². The van der Waals surface area contributed by atoms with Crippen LogP contribution >= 0.6 is 0 Å². The van der Waals surface area contributed by atoms with Crippen LogP contribution in [0.15, 0.2) is 0 Å². The predicted molar refractivity (Wildman–Crippen MR) is 63.5 cm³/mol. The summed E-state index contributed by atoms with van der Waals surface area (Å²) in [5.74, 6) is -0.301. The Morgan fingerprint density at radius 2 is 1.94 bits per heavy atom. The Morgan fingerprint density at radius 3 is 2.41 bits per heavy atom. The lowest BCUT2D eigenvalue weighted by Gasteiger charge is -2.33. The molecule has 0 bridgehead atoms. The molecular formula is C13H19N3O. The number of carbonyl (C=O) groups is 1. The molecule has 17 heavy (non-hydrogen) atoms. The number of hydrogen-bond donors (Lipinski definition) is 0. The molecular weight excluding hydrogens is 214 g/mol. The van der Waals surface area contributed by atoms with Crippen molar-refractivity contribution in [1.82, 2.24) is 4.90 Å². The summed E-state index contributed by atoms with van der Waals surface area (Å²) in [5, 5.41) is 18.0. The SMILES string of the molecule is CC(C#N)CN(C)C(=O)C1(C#N)CCCCC1. The average Bonchev–Trinajstić information content (AvgIpc) is 2.38. The fraction of sp³-hybridized carbons (Fsp3) is 0.769. The van der Waals surface area contributed by atoms with Crippen LogP contribution in [0.1, 0.15) is 39.0 Å². The van der Waals surface area contributed by atoms with Gasteiger partial charge in [-0.25, -0.2) is 0 Å². The third kappa shape index (κ3) is 2.97. The molecule has 0 spiro atoms. The molecule has 4 nitrogen and oxygen atoms in total. The monoisotopic (exact) mass is 233 g/mol. The molecule has 1 fully saturated rings. The number of rotatable bonds is 3. The fourth-order valence-corrected chi connectivity index (χ4v) is 2.43. The van der Waals surface area contributed by atoms with E-state index in [2.05, 4.69) is 12.1 Å². The van der Waals surface area contributed by atoms with Crippen molar-refractivity contribution in [2.24, 2.45) is 11.3 Å². The topological polar surface area (TPSA) is 67.9 Å². The Hall–Kier alpha value is -1.55. The molecule has 0 radical (unpaired) electrons. The normalized spacial score (nSPS) is 19.8. The fourth-order valence-electron chi connectivity index (χ4n) is 2.43. The highest BCUT2D eigenvalue weighted by Crippen LogP contribution is 2.37. The van der Waals surface area contributed by atoms with Crippen molar-refractivity contribution in [3.63, 3.8) is 0 Å². The highest BCUT2D eigenvalue weighted by Gasteiger charge is 2.41. The van der Waals surface area contributed by atoms with Crippen molar-refractivity contribution < 1.29 is 4.79 Å². The van der Waals surface area contributed by atoms with E-state index in [-0.39, 0.29) is 11.8 Å². The van der Waals surface area contributed by atoms with E-state index in [1.807, 2.05) is 0 Å². The molecule has 4 heteroatoms. The van der Waals surface area contributed by atoms with E-state index in [9.17, 15) is 10.1 Å². The maximum atomic E-state index is 12.3. The standard InChI is InChI=1S/C13H19N3O/c1-11(8-14)9-16(2)12(17)13(10-15)6-4-3-5-7-13/h11H,3-7,9H2,1-2H3. The first kappa shape index (κ1) is 13.5. The molecule has 1 aliphatic rings. The Morgan fingerprint density at radius 1 is 1.35 bits per heavy atom. The second-order valence-corrected chi connectivity index (χ2v) is 4.97. The van der Waals surface area contributed by atoms with E-state index >= 15 is 0 Å². The lowest BCUT2D eigenvalue weighted by molar-refractivity contribution is -0.139. The van der Waals surface area contributed by atoms with Gasteiger partial charge in [-0.1, -0.05) is 19.3 Å². The van der Waals surface area contributed by atoms with Gasteiger partial charge in [-0.15, -0.1) is 0 Å². The minimum Gasteiger partial charge on any atom is -0.343 e. The van der Waals surface area contributed by atoms with Gasteiger partial charge in [-0.2, -0.15) is 10.5 Å². The van der Waals surface area contributed by atoms with E-state index in [1.165, 1.54) is 0 Å². The number of nitrogens with zero attached hydrogens (tertiary/aromatic N) is 3. The lowest BCUT2D eigenvalue weighted by atomic mass is 9.74. The van der Waals surface area contributed by atoms with Crippen LogP contribution < -0.4 is 0 Å². The van der Waals surface area contributed by atoms with Crippen LogP contribution in [-0.4, -0.2) is 24.4 Å². The Balaban J connectivity index is 2.73. The largest absolute Gasteiger partial charge is 0.343 e. The summed E-state index contributed by atoms with van der Waals surface area (Å²) < 4.78 is 0. The molecule has 1 rings (SSSR count). The van der Waals surface area contributed by atoms with E-state index < -0.39 is 5.41 Å². The maximum Gasteiger partial charge on any atom is 0.242 e. The highest BCUT2D eigenvalue weighted by atomic mass is 16.2. The zero-order valence-corrected chi connectivity index (χ0v) is 10.6. The molecule has 0 aromatic carbocycles. The summed E-state index contributed by atoms with van der Waals surface area (Å²) in [4.78, 5) is 13.8. The van der Waals surface area contributed by atoms with Crippen molar-refractivity contribution in [2.45, 2.75) is 39.0 Å². The zero-order chi connectivity index (χ0) is 12.9. The summed E-state index contributed by atoms with van der Waals surface area (Å²) >= 11 is 0. The van der Waals surface area contributed by atoms with Crippen molar-refractivity contribution in [1.29, 1.82) is 10.5 Å². The van der Waals surface area contributed by atoms with Gasteiger partial charge >= 0.3 is 0 Å². The molecule has 0 heterocycles. The van der Waals surface area contributed by atoms with Crippen LogP contribution in [0.2, 0.25) is 0 Å². The molecule has 0 aromatic rings. The molecule has 1 unspecified atom stereocenters. The number of nitriles is 2. The first-order valence-corrected chi connectivity index (χ1v) is 6.12. The third-order valence-electron chi connectivity index (χ3n) is 3.45. The van der Waals surface area contributed by atoms with Gasteiger partial charge in [0.1, 0.15) is 5.41 Å². The second kappa shape index (κ2) is 5.68. The third-order valence-corrected chi connectivity index (χ3v) is 3.45. The highest BCUT2D eigenvalue weighted by molar-refractivity contribution is 5.85. The molecule has 1 amide bonds. The van der Waals surface area contributed by atoms with Gasteiger partial charge in [-0.3, -0.25) is 4.79 Å². The Bertz CT molecular complexity index is 358. The van der Waals surface area contributed by atoms with Gasteiger partial charge in [0.05, 0.1) is 18.1 Å². The molecule has 92 valence electrons. The molecule has 1 saturated carbocycles. The second-order valence-electron chi connectivity index (χ2n) is 4.97. The summed E-state index contributed by atoms with van der Waals surface area (Å²) in [6.45, 7) is 2.18. The van der Waals surface area contributed by atoms with Gasteiger partial charge in [0.2, 0.25) is 5.91 Å². The van der Waals surface area contributed by atoms with Crippen LogP contribution in [0.25, 0.3) is 0 Å². The molecule has 0 aliphatic heterocycles. The number of hydrogen-bond acceptors (Lipinski definition) is 3. The van der Waals surface area contributed by atoms with Crippen LogP contribution in [0, 0.1) is 34.0 Å². The van der Waals surface area contributed by atoms with Gasteiger partial charge in [-0.05, 0) is 19.8 Å². The van der Waals surface area contributed by atoms with Gasteiger partial charge in [0.15, 0.2) is 0 Å². The van der Waals surface area contributed by atoms with Crippen molar-refractivity contribution >= 4 is 5.91 Å². The van der Waals surface area contributed by atoms with Crippen molar-refractivity contribution in [3.8, 4) is 12.1 Å². The Kier molecular flexibility index (Phi) is 4.52. The van der Waals surface area contributed by atoms with E-state index in [1.54, 1.807) is 18.9 Å². The quantitative estimate of drug-likeness (QED) is 0.749. The van der Waals surface area contributed by atoms with Crippen LogP contribution in [-0.2, 0) is 4.79 Å². The summed E-state index contributed by atoms with van der Waals surface area (Å²) in [6, 6.07) is 4.32. The molecule has 0 N–H and O–H groups in total. The smallest absolute Gasteiger partial charge is 0.242 e. The predicted octanol–water partition coefficient (Wildman–Crippen LogP) is 2.08. The molecule has 1 atom stereocenters. The number of carbonyl (C=O) groups excluding carboxylic acids is 1. The van der Waals surface area contributed by atoms with Crippen LogP contribution in [0.3, 0.4) is 0 Å². The summed E-state index contributed by atoms with van der Waals surface area (Å²) in [5.41, 5.74) is -0.831. The number of amides is 1. The first-order valence-electron chi connectivity index (χ1n) is 6.12. The van der Waals surface area contributed by atoms with Gasteiger partial charge in [0.25, 0.3) is 0 Å². The summed E-state index contributed by atoms with van der Waals surface area (Å²) in [6.07, 6.45) is 4.32. The minimum atomic E-state index is -0.831. The molecule has 1 aliphatic carbocycles. The molecule has 0 saturated heterocycles.